The molecule has 0 saturated carbocycles. The molecule has 1 heterocycles. The Morgan fingerprint density at radius 2 is 1.95 bits per heavy atom. The molecule has 0 spiro atoms. The van der Waals surface area contributed by atoms with Crippen LogP contribution in [-0.4, -0.2) is 27.0 Å². The number of hydrogen-bond acceptors (Lipinski definition) is 4. The van der Waals surface area contributed by atoms with Crippen molar-refractivity contribution in [3.05, 3.63) is 68.5 Å². The summed E-state index contributed by atoms with van der Waals surface area (Å²) in [5.41, 5.74) is -0.357. The predicted molar refractivity (Wildman–Crippen MR) is 77.6 cm³/mol. The van der Waals surface area contributed by atoms with Crippen molar-refractivity contribution in [1.82, 2.24) is 9.55 Å². The smallest absolute Gasteiger partial charge is 0.329 e. The number of ketones is 1. The van der Waals surface area contributed by atoms with Crippen LogP contribution in [0.2, 0.25) is 0 Å². The zero-order valence-electron chi connectivity index (χ0n) is 11.6. The van der Waals surface area contributed by atoms with Crippen LogP contribution < -0.4 is 11.2 Å². The minimum Gasteiger partial charge on any atom is -0.396 e. The number of nitrogens with zero attached hydrogens (tertiary/aromatic N) is 1. The molecular weight excluding hydrogens is 272 g/mol. The second-order valence-electron chi connectivity index (χ2n) is 4.74. The lowest BCUT2D eigenvalue weighted by molar-refractivity contribution is 0.0898. The van der Waals surface area contributed by atoms with Gasteiger partial charge >= 0.3 is 5.69 Å². The SMILES string of the molecule is Cc1cn(C(CCO)C(=O)c2ccccc2)c(=O)[nH]c1=O. The lowest BCUT2D eigenvalue weighted by Gasteiger charge is -2.18. The summed E-state index contributed by atoms with van der Waals surface area (Å²) >= 11 is 0. The van der Waals surface area contributed by atoms with Crippen LogP contribution in [0.5, 0.6) is 0 Å². The number of aromatic amines is 1. The summed E-state index contributed by atoms with van der Waals surface area (Å²) in [7, 11) is 0. The summed E-state index contributed by atoms with van der Waals surface area (Å²) in [6.07, 6.45) is 1.45. The van der Waals surface area contributed by atoms with Crippen molar-refractivity contribution in [1.29, 1.82) is 0 Å². The van der Waals surface area contributed by atoms with E-state index in [1.807, 2.05) is 0 Å². The van der Waals surface area contributed by atoms with Gasteiger partial charge in [-0.1, -0.05) is 30.3 Å². The van der Waals surface area contributed by atoms with E-state index in [0.717, 1.165) is 0 Å². The number of carbonyl (C=O) groups is 1. The van der Waals surface area contributed by atoms with Gasteiger partial charge in [0, 0.05) is 23.9 Å². The first-order valence-electron chi connectivity index (χ1n) is 6.56. The van der Waals surface area contributed by atoms with Gasteiger partial charge in [0.15, 0.2) is 5.78 Å². The minimum absolute atomic E-state index is 0.0963. The van der Waals surface area contributed by atoms with E-state index in [-0.39, 0.29) is 18.8 Å². The highest BCUT2D eigenvalue weighted by Crippen LogP contribution is 2.16. The van der Waals surface area contributed by atoms with Crippen LogP contribution in [0.3, 0.4) is 0 Å². The Kier molecular flexibility index (Phi) is 4.49. The van der Waals surface area contributed by atoms with Crippen LogP contribution in [0.25, 0.3) is 0 Å². The molecule has 110 valence electrons. The fraction of sp³-hybridized carbons (Fsp3) is 0.267. The number of carbonyl (C=O) groups excluding carboxylic acids is 1. The summed E-state index contributed by atoms with van der Waals surface area (Å²) in [5.74, 6) is -0.279. The zero-order chi connectivity index (χ0) is 15.4. The third-order valence-corrected chi connectivity index (χ3v) is 3.25. The molecule has 6 nitrogen and oxygen atoms in total. The van der Waals surface area contributed by atoms with Gasteiger partial charge in [-0.05, 0) is 13.3 Å². The molecule has 21 heavy (non-hydrogen) atoms. The summed E-state index contributed by atoms with van der Waals surface area (Å²) < 4.78 is 1.17. The van der Waals surface area contributed by atoms with Crippen LogP contribution in [0, 0.1) is 6.92 Å². The number of rotatable bonds is 5. The number of aliphatic hydroxyl groups excluding tert-OH is 1. The van der Waals surface area contributed by atoms with Crippen molar-refractivity contribution in [2.75, 3.05) is 6.61 Å². The van der Waals surface area contributed by atoms with E-state index < -0.39 is 17.3 Å². The standard InChI is InChI=1S/C15H16N2O4/c1-10-9-17(15(21)16-14(10)20)12(7-8-18)13(19)11-5-3-2-4-6-11/h2-6,9,12,18H,7-8H2,1H3,(H,16,20,21). The largest absolute Gasteiger partial charge is 0.396 e. The van der Waals surface area contributed by atoms with Crippen molar-refractivity contribution in [2.45, 2.75) is 19.4 Å². The van der Waals surface area contributed by atoms with Gasteiger partial charge in [0.2, 0.25) is 0 Å². The summed E-state index contributed by atoms with van der Waals surface area (Å²) in [4.78, 5) is 38.0. The molecule has 0 aliphatic carbocycles. The van der Waals surface area contributed by atoms with Gasteiger partial charge in [0.25, 0.3) is 5.56 Å². The van der Waals surface area contributed by atoms with Crippen molar-refractivity contribution in [3.8, 4) is 0 Å². The van der Waals surface area contributed by atoms with Gasteiger partial charge in [-0.3, -0.25) is 19.1 Å². The molecular formula is C15H16N2O4. The molecule has 0 bridgehead atoms. The van der Waals surface area contributed by atoms with Crippen molar-refractivity contribution >= 4 is 5.78 Å². The van der Waals surface area contributed by atoms with Gasteiger partial charge in [-0.15, -0.1) is 0 Å². The highest BCUT2D eigenvalue weighted by Gasteiger charge is 2.22. The molecule has 2 aromatic rings. The minimum atomic E-state index is -0.847. The fourth-order valence-corrected chi connectivity index (χ4v) is 2.13. The van der Waals surface area contributed by atoms with Gasteiger partial charge in [-0.2, -0.15) is 0 Å². The molecule has 0 saturated heterocycles. The molecule has 6 heteroatoms. The van der Waals surface area contributed by atoms with Gasteiger partial charge in [-0.25, -0.2) is 4.79 Å². The van der Waals surface area contributed by atoms with Gasteiger partial charge in [0.05, 0.1) is 0 Å². The molecule has 0 aliphatic rings. The van der Waals surface area contributed by atoms with Crippen LogP contribution >= 0.6 is 0 Å². The molecule has 0 fully saturated rings. The molecule has 0 aliphatic heterocycles. The van der Waals surface area contributed by atoms with Crippen LogP contribution in [0.15, 0.2) is 46.1 Å². The van der Waals surface area contributed by atoms with E-state index >= 15 is 0 Å². The van der Waals surface area contributed by atoms with Crippen LogP contribution in [-0.2, 0) is 0 Å². The normalized spacial score (nSPS) is 12.1. The average Bonchev–Trinajstić information content (AvgIpc) is 2.49. The number of hydrogen-bond donors (Lipinski definition) is 2. The number of Topliss-reactive ketones (excluding diaryl/α,β-unsaturated/α-hetero) is 1. The third-order valence-electron chi connectivity index (χ3n) is 3.25. The Morgan fingerprint density at radius 1 is 1.29 bits per heavy atom. The van der Waals surface area contributed by atoms with Crippen LogP contribution in [0.1, 0.15) is 28.4 Å². The quantitative estimate of drug-likeness (QED) is 0.790. The number of H-pyrrole nitrogens is 1. The lowest BCUT2D eigenvalue weighted by Crippen LogP contribution is -2.36. The molecule has 1 aromatic carbocycles. The van der Waals surface area contributed by atoms with Gasteiger partial charge < -0.3 is 5.11 Å². The van der Waals surface area contributed by atoms with Crippen LogP contribution in [0.4, 0.5) is 0 Å². The second kappa shape index (κ2) is 6.32. The second-order valence-corrected chi connectivity index (χ2v) is 4.74. The van der Waals surface area contributed by atoms with Crippen molar-refractivity contribution in [3.63, 3.8) is 0 Å². The van der Waals surface area contributed by atoms with Gasteiger partial charge in [0.1, 0.15) is 6.04 Å². The number of benzene rings is 1. The van der Waals surface area contributed by atoms with E-state index in [2.05, 4.69) is 4.98 Å². The molecule has 0 radical (unpaired) electrons. The Hall–Kier alpha value is -2.47. The maximum absolute atomic E-state index is 12.5. The maximum atomic E-state index is 12.5. The third kappa shape index (κ3) is 3.17. The first-order chi connectivity index (χ1) is 10.0. The van der Waals surface area contributed by atoms with E-state index in [4.69, 9.17) is 5.11 Å². The van der Waals surface area contributed by atoms with Crippen molar-refractivity contribution in [2.24, 2.45) is 0 Å². The monoisotopic (exact) mass is 288 g/mol. The number of nitrogens with one attached hydrogen (secondary N) is 1. The topological polar surface area (TPSA) is 92.2 Å². The molecule has 2 N–H and O–H groups in total. The maximum Gasteiger partial charge on any atom is 0.329 e. The van der Waals surface area contributed by atoms with E-state index in [1.54, 1.807) is 37.3 Å². The van der Waals surface area contributed by atoms with E-state index in [9.17, 15) is 14.4 Å². The number of aryl methyl sites for hydroxylation is 1. The molecule has 1 atom stereocenters. The molecule has 2 rings (SSSR count). The molecule has 0 amide bonds. The first kappa shape index (κ1) is 14.9. The molecule has 1 unspecified atom stereocenters. The average molecular weight is 288 g/mol. The number of aliphatic hydroxyl groups is 1. The predicted octanol–water partition coefficient (Wildman–Crippen LogP) is 0.651. The highest BCUT2D eigenvalue weighted by molar-refractivity contribution is 5.98. The fourth-order valence-electron chi connectivity index (χ4n) is 2.13. The highest BCUT2D eigenvalue weighted by atomic mass is 16.3. The Labute approximate surface area is 120 Å². The Balaban J connectivity index is 2.49. The summed E-state index contributed by atoms with van der Waals surface area (Å²) in [6, 6.07) is 7.69. The molecule has 1 aromatic heterocycles. The van der Waals surface area contributed by atoms with E-state index in [0.29, 0.717) is 11.1 Å². The number of aromatic nitrogens is 2. The summed E-state index contributed by atoms with van der Waals surface area (Å²) in [5, 5.41) is 9.17. The Morgan fingerprint density at radius 3 is 2.57 bits per heavy atom. The Bertz CT molecular complexity index is 746. The zero-order valence-corrected chi connectivity index (χ0v) is 11.6. The lowest BCUT2D eigenvalue weighted by atomic mass is 10.0. The summed E-state index contributed by atoms with van der Waals surface area (Å²) in [6.45, 7) is 1.31. The first-order valence-corrected chi connectivity index (χ1v) is 6.56. The van der Waals surface area contributed by atoms with E-state index in [1.165, 1.54) is 10.8 Å². The van der Waals surface area contributed by atoms with Crippen molar-refractivity contribution < 1.29 is 9.90 Å².